The highest BCUT2D eigenvalue weighted by molar-refractivity contribution is 14.0. The number of rotatable bonds is 5. The summed E-state index contributed by atoms with van der Waals surface area (Å²) in [5.74, 6) is 0.970. The van der Waals surface area contributed by atoms with Gasteiger partial charge in [-0.15, -0.1) is 24.0 Å². The van der Waals surface area contributed by atoms with Gasteiger partial charge in [0.15, 0.2) is 5.96 Å². The topological polar surface area (TPSA) is 88.0 Å². The van der Waals surface area contributed by atoms with E-state index in [-0.39, 0.29) is 29.9 Å². The van der Waals surface area contributed by atoms with E-state index in [1.54, 1.807) is 0 Å². The molecule has 3 rings (SSSR count). The smallest absolute Gasteiger partial charge is 0.217 e. The minimum absolute atomic E-state index is 0. The summed E-state index contributed by atoms with van der Waals surface area (Å²) in [5.41, 5.74) is 8.42. The summed E-state index contributed by atoms with van der Waals surface area (Å²) < 4.78 is 2.08. The number of primary amides is 1. The Hall–Kier alpha value is -1.84. The molecule has 1 fully saturated rings. The third-order valence-corrected chi connectivity index (χ3v) is 4.78. The first-order valence-corrected chi connectivity index (χ1v) is 9.32. The first-order valence-electron chi connectivity index (χ1n) is 9.32. The molecule has 7 nitrogen and oxygen atoms in total. The molecule has 0 saturated carbocycles. The molecule has 148 valence electrons. The van der Waals surface area contributed by atoms with E-state index in [1.165, 1.54) is 0 Å². The highest BCUT2D eigenvalue weighted by Gasteiger charge is 2.23. The Balaban J connectivity index is 0.00000261. The molecule has 1 atom stereocenters. The molecule has 3 N–H and O–H groups in total. The van der Waals surface area contributed by atoms with Gasteiger partial charge < -0.3 is 20.4 Å². The second kappa shape index (κ2) is 9.91. The van der Waals surface area contributed by atoms with Crippen LogP contribution in [0.1, 0.15) is 37.6 Å². The molecule has 2 aromatic heterocycles. The van der Waals surface area contributed by atoms with E-state index in [1.807, 2.05) is 18.3 Å². The molecule has 1 aliphatic heterocycles. The number of pyridine rings is 1. The number of nitrogens with two attached hydrogens (primary N) is 1. The lowest BCUT2D eigenvalue weighted by Crippen LogP contribution is -2.47. The van der Waals surface area contributed by atoms with Crippen LogP contribution in [0.15, 0.2) is 29.4 Å². The van der Waals surface area contributed by atoms with Gasteiger partial charge in [0.25, 0.3) is 0 Å². The number of hydrogen-bond acceptors (Lipinski definition) is 3. The number of aromatic nitrogens is 2. The summed E-state index contributed by atoms with van der Waals surface area (Å²) in [6, 6.07) is 6.09. The molecule has 0 aliphatic carbocycles. The van der Waals surface area contributed by atoms with Crippen LogP contribution < -0.4 is 11.1 Å². The molecule has 27 heavy (non-hydrogen) atoms. The normalized spacial score (nSPS) is 17.6. The Bertz CT molecular complexity index is 803. The standard InChI is InChI=1S/C19H28N6O.HI/c1-3-21-19(24-9-5-7-15(12-24)10-17(20)26)22-11-16-13-25-14(2)6-4-8-18(25)23-16;/h4,6,8,13,15H,3,5,7,9-12H2,1-2H3,(H2,20,26)(H,21,22);1H. The van der Waals surface area contributed by atoms with Crippen molar-refractivity contribution in [1.82, 2.24) is 19.6 Å². The van der Waals surface area contributed by atoms with E-state index in [2.05, 4.69) is 39.5 Å². The van der Waals surface area contributed by atoms with Gasteiger partial charge in [-0.25, -0.2) is 9.98 Å². The number of piperidine rings is 1. The fourth-order valence-electron chi connectivity index (χ4n) is 3.57. The van der Waals surface area contributed by atoms with Crippen molar-refractivity contribution in [2.75, 3.05) is 19.6 Å². The van der Waals surface area contributed by atoms with Gasteiger partial charge in [0.05, 0.1) is 12.2 Å². The summed E-state index contributed by atoms with van der Waals surface area (Å²) in [6.45, 7) is 7.23. The molecule has 1 aliphatic rings. The summed E-state index contributed by atoms with van der Waals surface area (Å²) >= 11 is 0. The van der Waals surface area contributed by atoms with Crippen molar-refractivity contribution in [1.29, 1.82) is 0 Å². The van der Waals surface area contributed by atoms with Crippen molar-refractivity contribution < 1.29 is 4.79 Å². The van der Waals surface area contributed by atoms with Crippen LogP contribution >= 0.6 is 24.0 Å². The van der Waals surface area contributed by atoms with Gasteiger partial charge in [-0.3, -0.25) is 4.79 Å². The molecule has 8 heteroatoms. The third kappa shape index (κ3) is 5.57. The van der Waals surface area contributed by atoms with Gasteiger partial charge in [-0.2, -0.15) is 0 Å². The van der Waals surface area contributed by atoms with Crippen molar-refractivity contribution in [3.05, 3.63) is 35.8 Å². The Kier molecular flexibility index (Phi) is 7.88. The lowest BCUT2D eigenvalue weighted by molar-refractivity contribution is -0.119. The molecule has 0 radical (unpaired) electrons. The summed E-state index contributed by atoms with van der Waals surface area (Å²) in [4.78, 5) is 22.9. The zero-order valence-corrected chi connectivity index (χ0v) is 18.3. The summed E-state index contributed by atoms with van der Waals surface area (Å²) in [6.07, 6.45) is 4.59. The number of hydrogen-bond donors (Lipinski definition) is 2. The second-order valence-electron chi connectivity index (χ2n) is 6.92. The van der Waals surface area contributed by atoms with Gasteiger partial charge in [-0.05, 0) is 44.7 Å². The maximum Gasteiger partial charge on any atom is 0.217 e. The van der Waals surface area contributed by atoms with E-state index >= 15 is 0 Å². The fraction of sp³-hybridized carbons (Fsp3) is 0.526. The number of aliphatic imine (C=N–C) groups is 1. The number of guanidine groups is 1. The molecule has 3 heterocycles. The number of nitrogens with one attached hydrogen (secondary N) is 1. The lowest BCUT2D eigenvalue weighted by atomic mass is 9.95. The van der Waals surface area contributed by atoms with Crippen LogP contribution in [0.25, 0.3) is 5.65 Å². The molecular weight excluding hydrogens is 455 g/mol. The largest absolute Gasteiger partial charge is 0.370 e. The van der Waals surface area contributed by atoms with Crippen LogP contribution in [0, 0.1) is 12.8 Å². The number of aryl methyl sites for hydroxylation is 1. The van der Waals surface area contributed by atoms with Gasteiger partial charge in [-0.1, -0.05) is 6.07 Å². The van der Waals surface area contributed by atoms with Crippen molar-refractivity contribution in [2.45, 2.75) is 39.7 Å². The number of carbonyl (C=O) groups is 1. The number of halogens is 1. The lowest BCUT2D eigenvalue weighted by Gasteiger charge is -2.34. The van der Waals surface area contributed by atoms with Gasteiger partial charge in [0.2, 0.25) is 5.91 Å². The second-order valence-corrected chi connectivity index (χ2v) is 6.92. The SMILES string of the molecule is CCNC(=NCc1cn2c(C)cccc2n1)N1CCCC(CC(N)=O)C1.I. The number of nitrogens with zero attached hydrogens (tertiary/aromatic N) is 4. The molecule has 1 amide bonds. The maximum atomic E-state index is 11.2. The Morgan fingerprint density at radius 3 is 2.96 bits per heavy atom. The Morgan fingerprint density at radius 2 is 2.26 bits per heavy atom. The average molecular weight is 484 g/mol. The van der Waals surface area contributed by atoms with Gasteiger partial charge in [0, 0.05) is 37.9 Å². The first kappa shape index (κ1) is 21.5. The zero-order valence-electron chi connectivity index (χ0n) is 16.0. The third-order valence-electron chi connectivity index (χ3n) is 4.78. The van der Waals surface area contributed by atoms with E-state index < -0.39 is 0 Å². The highest BCUT2D eigenvalue weighted by atomic mass is 127. The molecule has 1 saturated heterocycles. The maximum absolute atomic E-state index is 11.2. The van der Waals surface area contributed by atoms with Crippen LogP contribution in [0.3, 0.4) is 0 Å². The summed E-state index contributed by atoms with van der Waals surface area (Å²) in [5, 5.41) is 3.37. The van der Waals surface area contributed by atoms with Gasteiger partial charge >= 0.3 is 0 Å². The zero-order chi connectivity index (χ0) is 18.5. The number of amides is 1. The van der Waals surface area contributed by atoms with E-state index in [4.69, 9.17) is 10.7 Å². The van der Waals surface area contributed by atoms with Crippen molar-refractivity contribution in [2.24, 2.45) is 16.6 Å². The monoisotopic (exact) mass is 484 g/mol. The minimum Gasteiger partial charge on any atom is -0.370 e. The molecule has 1 unspecified atom stereocenters. The molecule has 0 spiro atoms. The fourth-order valence-corrected chi connectivity index (χ4v) is 3.57. The first-order chi connectivity index (χ1) is 12.6. The summed E-state index contributed by atoms with van der Waals surface area (Å²) in [7, 11) is 0. The number of fused-ring (bicyclic) bond motifs is 1. The van der Waals surface area contributed by atoms with Crippen LogP contribution in [0.5, 0.6) is 0 Å². The number of likely N-dealkylation sites (tertiary alicyclic amines) is 1. The Morgan fingerprint density at radius 1 is 1.44 bits per heavy atom. The number of imidazole rings is 1. The van der Waals surface area contributed by atoms with Crippen molar-refractivity contribution in [3.8, 4) is 0 Å². The van der Waals surface area contributed by atoms with E-state index in [0.717, 1.165) is 55.5 Å². The number of carbonyl (C=O) groups excluding carboxylic acids is 1. The quantitative estimate of drug-likeness (QED) is 0.388. The van der Waals surface area contributed by atoms with Crippen LogP contribution in [0.2, 0.25) is 0 Å². The average Bonchev–Trinajstić information content (AvgIpc) is 3.03. The highest BCUT2D eigenvalue weighted by Crippen LogP contribution is 2.19. The Labute approximate surface area is 177 Å². The molecule has 0 aromatic carbocycles. The van der Waals surface area contributed by atoms with Crippen LogP contribution in [0.4, 0.5) is 0 Å². The predicted molar refractivity (Wildman–Crippen MR) is 118 cm³/mol. The van der Waals surface area contributed by atoms with E-state index in [9.17, 15) is 4.79 Å². The van der Waals surface area contributed by atoms with E-state index in [0.29, 0.717) is 18.9 Å². The van der Waals surface area contributed by atoms with Crippen LogP contribution in [-0.4, -0.2) is 45.8 Å². The van der Waals surface area contributed by atoms with Crippen molar-refractivity contribution in [3.63, 3.8) is 0 Å². The minimum atomic E-state index is -0.223. The van der Waals surface area contributed by atoms with Crippen molar-refractivity contribution >= 4 is 41.5 Å². The van der Waals surface area contributed by atoms with Gasteiger partial charge in [0.1, 0.15) is 5.65 Å². The molecular formula is C19H29IN6O. The predicted octanol–water partition coefficient (Wildman–Crippen LogP) is 2.31. The molecule has 2 aromatic rings. The molecule has 0 bridgehead atoms. The van der Waals surface area contributed by atoms with Crippen LogP contribution in [-0.2, 0) is 11.3 Å².